The lowest BCUT2D eigenvalue weighted by molar-refractivity contribution is -0.138. The fraction of sp³-hybridized carbons (Fsp3) is 0.727. The number of hydrogen-bond donors (Lipinski definition) is 0. The summed E-state index contributed by atoms with van der Waals surface area (Å²) in [5.41, 5.74) is 0.815. The molecule has 0 radical (unpaired) electrons. The van der Waals surface area contributed by atoms with Gasteiger partial charge in [0.2, 0.25) is 0 Å². The minimum atomic E-state index is -0.152. The SMILES string of the molecule is C/C=C(/CCCCC)C(=O)OCC. The normalized spacial score (nSPS) is 11.5. The van der Waals surface area contributed by atoms with E-state index in [1.54, 1.807) is 0 Å². The summed E-state index contributed by atoms with van der Waals surface area (Å²) in [5.74, 6) is -0.152. The fourth-order valence-corrected chi connectivity index (χ4v) is 1.15. The van der Waals surface area contributed by atoms with E-state index in [1.165, 1.54) is 12.8 Å². The maximum atomic E-state index is 11.3. The second kappa shape index (κ2) is 7.84. The molecule has 0 aromatic rings. The molecule has 0 amide bonds. The van der Waals surface area contributed by atoms with E-state index >= 15 is 0 Å². The summed E-state index contributed by atoms with van der Waals surface area (Å²) in [6.07, 6.45) is 6.14. The van der Waals surface area contributed by atoms with Gasteiger partial charge >= 0.3 is 5.97 Å². The molecule has 0 aliphatic carbocycles. The minimum Gasteiger partial charge on any atom is -0.463 e. The van der Waals surface area contributed by atoms with Crippen molar-refractivity contribution in [2.45, 2.75) is 46.5 Å². The second-order valence-corrected chi connectivity index (χ2v) is 2.99. The standard InChI is InChI=1S/C11H20O2/c1-4-7-8-9-10(5-2)11(12)13-6-3/h5H,4,6-9H2,1-3H3/b10-5-. The number of allylic oxidation sites excluding steroid dienone is 1. The Hall–Kier alpha value is -0.790. The van der Waals surface area contributed by atoms with Gasteiger partial charge in [0.1, 0.15) is 0 Å². The molecule has 0 aliphatic heterocycles. The molecule has 0 saturated carbocycles. The maximum absolute atomic E-state index is 11.3. The lowest BCUT2D eigenvalue weighted by atomic mass is 10.1. The highest BCUT2D eigenvalue weighted by molar-refractivity contribution is 5.88. The van der Waals surface area contributed by atoms with Crippen LogP contribution in [0.5, 0.6) is 0 Å². The van der Waals surface area contributed by atoms with Gasteiger partial charge in [0.25, 0.3) is 0 Å². The van der Waals surface area contributed by atoms with Gasteiger partial charge in [0.05, 0.1) is 6.61 Å². The maximum Gasteiger partial charge on any atom is 0.333 e. The Kier molecular flexibility index (Phi) is 7.36. The van der Waals surface area contributed by atoms with E-state index in [4.69, 9.17) is 4.74 Å². The van der Waals surface area contributed by atoms with Crippen molar-refractivity contribution >= 4 is 5.97 Å². The molecule has 2 heteroatoms. The minimum absolute atomic E-state index is 0.152. The van der Waals surface area contributed by atoms with Crippen LogP contribution < -0.4 is 0 Å². The number of ether oxygens (including phenoxy) is 1. The first-order chi connectivity index (χ1) is 6.26. The molecule has 0 aliphatic rings. The Bertz CT molecular complexity index is 171. The van der Waals surface area contributed by atoms with E-state index in [1.807, 2.05) is 19.9 Å². The third kappa shape index (κ3) is 5.45. The zero-order chi connectivity index (χ0) is 10.1. The fourth-order valence-electron chi connectivity index (χ4n) is 1.15. The second-order valence-electron chi connectivity index (χ2n) is 2.99. The average Bonchev–Trinajstić information content (AvgIpc) is 2.13. The quantitative estimate of drug-likeness (QED) is 0.360. The monoisotopic (exact) mass is 184 g/mol. The molecule has 0 atom stereocenters. The molecular formula is C11H20O2. The predicted molar refractivity (Wildman–Crippen MR) is 54.5 cm³/mol. The molecule has 0 rings (SSSR count). The van der Waals surface area contributed by atoms with Crippen molar-refractivity contribution in [3.63, 3.8) is 0 Å². The smallest absolute Gasteiger partial charge is 0.333 e. The van der Waals surface area contributed by atoms with Crippen molar-refractivity contribution in [2.24, 2.45) is 0 Å². The van der Waals surface area contributed by atoms with Crippen LogP contribution in [0.1, 0.15) is 46.5 Å². The van der Waals surface area contributed by atoms with E-state index in [0.717, 1.165) is 18.4 Å². The topological polar surface area (TPSA) is 26.3 Å². The van der Waals surface area contributed by atoms with Crippen LogP contribution >= 0.6 is 0 Å². The van der Waals surface area contributed by atoms with E-state index in [-0.39, 0.29) is 5.97 Å². The van der Waals surface area contributed by atoms with Crippen molar-refractivity contribution in [3.05, 3.63) is 11.6 Å². The molecule has 2 nitrogen and oxygen atoms in total. The molecule has 76 valence electrons. The molecule has 0 spiro atoms. The van der Waals surface area contributed by atoms with Crippen LogP contribution in [0.2, 0.25) is 0 Å². The molecule has 0 aromatic heterocycles. The zero-order valence-corrected chi connectivity index (χ0v) is 8.93. The molecule has 13 heavy (non-hydrogen) atoms. The first-order valence-electron chi connectivity index (χ1n) is 5.08. The number of unbranched alkanes of at least 4 members (excludes halogenated alkanes) is 2. The van der Waals surface area contributed by atoms with Gasteiger partial charge < -0.3 is 4.74 Å². The number of hydrogen-bond acceptors (Lipinski definition) is 2. The molecule has 0 saturated heterocycles. The Balaban J connectivity index is 3.83. The number of esters is 1. The molecule has 0 N–H and O–H groups in total. The van der Waals surface area contributed by atoms with Crippen LogP contribution in [0.3, 0.4) is 0 Å². The summed E-state index contributed by atoms with van der Waals surface area (Å²) in [4.78, 5) is 11.3. The van der Waals surface area contributed by atoms with Gasteiger partial charge in [0.15, 0.2) is 0 Å². The van der Waals surface area contributed by atoms with E-state index in [9.17, 15) is 4.79 Å². The number of carbonyl (C=O) groups excluding carboxylic acids is 1. The van der Waals surface area contributed by atoms with Gasteiger partial charge in [-0.05, 0) is 26.7 Å². The van der Waals surface area contributed by atoms with Crippen molar-refractivity contribution < 1.29 is 9.53 Å². The highest BCUT2D eigenvalue weighted by Gasteiger charge is 2.07. The predicted octanol–water partition coefficient (Wildman–Crippen LogP) is 3.08. The summed E-state index contributed by atoms with van der Waals surface area (Å²) in [5, 5.41) is 0. The van der Waals surface area contributed by atoms with Crippen LogP contribution in [-0.2, 0) is 9.53 Å². The van der Waals surface area contributed by atoms with Crippen molar-refractivity contribution in [1.82, 2.24) is 0 Å². The number of rotatable bonds is 6. The molecule has 0 aromatic carbocycles. The highest BCUT2D eigenvalue weighted by atomic mass is 16.5. The highest BCUT2D eigenvalue weighted by Crippen LogP contribution is 2.10. The molecule has 0 bridgehead atoms. The third-order valence-electron chi connectivity index (χ3n) is 1.94. The van der Waals surface area contributed by atoms with E-state index in [0.29, 0.717) is 6.61 Å². The summed E-state index contributed by atoms with van der Waals surface area (Å²) < 4.78 is 4.92. The van der Waals surface area contributed by atoms with Crippen LogP contribution in [-0.4, -0.2) is 12.6 Å². The summed E-state index contributed by atoms with van der Waals surface area (Å²) in [7, 11) is 0. The van der Waals surface area contributed by atoms with Crippen LogP contribution in [0.25, 0.3) is 0 Å². The Morgan fingerprint density at radius 2 is 2.00 bits per heavy atom. The van der Waals surface area contributed by atoms with Crippen LogP contribution in [0, 0.1) is 0 Å². The first kappa shape index (κ1) is 12.2. The molecule has 0 fully saturated rings. The zero-order valence-electron chi connectivity index (χ0n) is 8.93. The van der Waals surface area contributed by atoms with Crippen LogP contribution in [0.15, 0.2) is 11.6 Å². The van der Waals surface area contributed by atoms with Crippen molar-refractivity contribution in [1.29, 1.82) is 0 Å². The molecule has 0 unspecified atom stereocenters. The van der Waals surface area contributed by atoms with Gasteiger partial charge in [-0.3, -0.25) is 0 Å². The lowest BCUT2D eigenvalue weighted by Crippen LogP contribution is -2.07. The van der Waals surface area contributed by atoms with Gasteiger partial charge in [-0.25, -0.2) is 4.79 Å². The summed E-state index contributed by atoms with van der Waals surface area (Å²) >= 11 is 0. The third-order valence-corrected chi connectivity index (χ3v) is 1.94. The molecular weight excluding hydrogens is 164 g/mol. The van der Waals surface area contributed by atoms with Crippen molar-refractivity contribution in [2.75, 3.05) is 6.61 Å². The Morgan fingerprint density at radius 1 is 1.31 bits per heavy atom. The molecule has 0 heterocycles. The summed E-state index contributed by atoms with van der Waals surface area (Å²) in [6.45, 7) is 6.33. The van der Waals surface area contributed by atoms with Crippen LogP contribution in [0.4, 0.5) is 0 Å². The van der Waals surface area contributed by atoms with Gasteiger partial charge in [-0.15, -0.1) is 0 Å². The van der Waals surface area contributed by atoms with Crippen molar-refractivity contribution in [3.8, 4) is 0 Å². The number of carbonyl (C=O) groups is 1. The summed E-state index contributed by atoms with van der Waals surface area (Å²) in [6, 6.07) is 0. The first-order valence-corrected chi connectivity index (χ1v) is 5.08. The Labute approximate surface area is 81.0 Å². The van der Waals surface area contributed by atoms with E-state index < -0.39 is 0 Å². The van der Waals surface area contributed by atoms with Gasteiger partial charge in [-0.2, -0.15) is 0 Å². The van der Waals surface area contributed by atoms with E-state index in [2.05, 4.69) is 6.92 Å². The largest absolute Gasteiger partial charge is 0.463 e. The lowest BCUT2D eigenvalue weighted by Gasteiger charge is -2.05. The van der Waals surface area contributed by atoms with Gasteiger partial charge in [0, 0.05) is 5.57 Å². The average molecular weight is 184 g/mol. The Morgan fingerprint density at radius 3 is 2.46 bits per heavy atom. The van der Waals surface area contributed by atoms with Gasteiger partial charge in [-0.1, -0.05) is 25.8 Å².